The van der Waals surface area contributed by atoms with E-state index in [-0.39, 0.29) is 36.4 Å². The molecule has 1 saturated heterocycles. The molecule has 33 heavy (non-hydrogen) atoms. The lowest BCUT2D eigenvalue weighted by atomic mass is 9.76. The third kappa shape index (κ3) is 4.20. The molecule has 1 aliphatic heterocycles. The largest absolute Gasteiger partial charge is 0.497 e. The molecule has 1 aromatic heterocycles. The maximum absolute atomic E-state index is 13.2. The van der Waals surface area contributed by atoms with Gasteiger partial charge in [0.25, 0.3) is 0 Å². The molecule has 170 valence electrons. The molecule has 8 nitrogen and oxygen atoms in total. The van der Waals surface area contributed by atoms with Crippen LogP contribution in [-0.2, 0) is 11.3 Å². The highest BCUT2D eigenvalue weighted by molar-refractivity contribution is 5.98. The Kier molecular flexibility index (Phi) is 5.58. The molecular formula is C25H26N4O4. The fourth-order valence-corrected chi connectivity index (χ4v) is 4.79. The van der Waals surface area contributed by atoms with E-state index >= 15 is 0 Å². The normalized spacial score (nSPS) is 22.6. The average Bonchev–Trinajstić information content (AvgIpc) is 3.32. The molecule has 1 N–H and O–H groups in total. The molecule has 0 spiro atoms. The van der Waals surface area contributed by atoms with E-state index in [1.54, 1.807) is 7.11 Å². The van der Waals surface area contributed by atoms with Crippen molar-refractivity contribution in [2.75, 3.05) is 7.11 Å². The van der Waals surface area contributed by atoms with Crippen molar-refractivity contribution in [3.8, 4) is 17.1 Å². The summed E-state index contributed by atoms with van der Waals surface area (Å²) in [6.45, 7) is 2.24. The minimum Gasteiger partial charge on any atom is -0.497 e. The number of imide groups is 1. The zero-order chi connectivity index (χ0) is 22.9. The van der Waals surface area contributed by atoms with E-state index < -0.39 is 0 Å². The molecule has 2 aromatic carbocycles. The Morgan fingerprint density at radius 3 is 2.82 bits per heavy atom. The van der Waals surface area contributed by atoms with E-state index in [1.165, 1.54) is 4.90 Å². The zero-order valence-electron chi connectivity index (χ0n) is 18.7. The quantitative estimate of drug-likeness (QED) is 0.635. The van der Waals surface area contributed by atoms with Gasteiger partial charge in [0.15, 0.2) is 0 Å². The maximum Gasteiger partial charge on any atom is 0.324 e. The van der Waals surface area contributed by atoms with Crippen LogP contribution in [0.2, 0.25) is 0 Å². The molecule has 1 saturated carbocycles. The van der Waals surface area contributed by atoms with Crippen molar-refractivity contribution in [3.05, 3.63) is 65.5 Å². The van der Waals surface area contributed by atoms with Crippen molar-refractivity contribution >= 4 is 11.9 Å². The van der Waals surface area contributed by atoms with E-state index in [4.69, 9.17) is 9.26 Å². The van der Waals surface area contributed by atoms with Gasteiger partial charge in [0.2, 0.25) is 17.6 Å². The molecule has 2 aliphatic rings. The van der Waals surface area contributed by atoms with Gasteiger partial charge in [-0.2, -0.15) is 4.98 Å². The number of aryl methyl sites for hydroxylation is 1. The van der Waals surface area contributed by atoms with E-state index in [1.807, 2.05) is 55.5 Å². The molecular weight excluding hydrogens is 420 g/mol. The minimum absolute atomic E-state index is 0.00958. The molecule has 5 rings (SSSR count). The predicted molar refractivity (Wildman–Crippen MR) is 120 cm³/mol. The number of methoxy groups -OCH3 is 1. The molecule has 2 heterocycles. The molecule has 1 aliphatic carbocycles. The van der Waals surface area contributed by atoms with E-state index in [0.29, 0.717) is 30.3 Å². The molecule has 3 unspecified atom stereocenters. The maximum atomic E-state index is 13.2. The number of carbonyl (C=O) groups is 2. The number of benzene rings is 2. The summed E-state index contributed by atoms with van der Waals surface area (Å²) in [5.41, 5.74) is 2.88. The Morgan fingerprint density at radius 1 is 1.15 bits per heavy atom. The van der Waals surface area contributed by atoms with Gasteiger partial charge in [0, 0.05) is 17.5 Å². The number of rotatable bonds is 5. The number of nitrogens with zero attached hydrogens (tertiary/aromatic N) is 3. The highest BCUT2D eigenvalue weighted by Crippen LogP contribution is 2.38. The fourth-order valence-electron chi connectivity index (χ4n) is 4.79. The van der Waals surface area contributed by atoms with Crippen LogP contribution in [0, 0.1) is 12.8 Å². The Hall–Kier alpha value is -3.68. The lowest BCUT2D eigenvalue weighted by molar-refractivity contribution is -0.137. The van der Waals surface area contributed by atoms with Crippen LogP contribution in [0.5, 0.6) is 5.75 Å². The lowest BCUT2D eigenvalue weighted by Crippen LogP contribution is -2.60. The van der Waals surface area contributed by atoms with Gasteiger partial charge >= 0.3 is 6.03 Å². The zero-order valence-corrected chi connectivity index (χ0v) is 18.7. The predicted octanol–water partition coefficient (Wildman–Crippen LogP) is 4.06. The number of carbonyl (C=O) groups excluding carboxylic acids is 2. The number of aromatic nitrogens is 2. The van der Waals surface area contributed by atoms with Gasteiger partial charge in [0.1, 0.15) is 5.75 Å². The number of amides is 3. The molecule has 2 fully saturated rings. The second-order valence-corrected chi connectivity index (χ2v) is 8.77. The molecule has 3 atom stereocenters. The summed E-state index contributed by atoms with van der Waals surface area (Å²) >= 11 is 0. The Balaban J connectivity index is 1.28. The lowest BCUT2D eigenvalue weighted by Gasteiger charge is -2.41. The van der Waals surface area contributed by atoms with Gasteiger partial charge in [-0.25, -0.2) is 4.79 Å². The number of hydrogen-bond donors (Lipinski definition) is 1. The minimum atomic E-state index is -0.365. The SMILES string of the molecule is COc1cccc(CN2C(=O)NC3CC(c4nc(-c5cccc(C)c5)no4)CCC3C2=O)c1. The summed E-state index contributed by atoms with van der Waals surface area (Å²) in [6.07, 6.45) is 2.01. The molecule has 8 heteroatoms. The van der Waals surface area contributed by atoms with Crippen LogP contribution < -0.4 is 10.1 Å². The van der Waals surface area contributed by atoms with Crippen molar-refractivity contribution in [1.29, 1.82) is 0 Å². The monoisotopic (exact) mass is 446 g/mol. The van der Waals surface area contributed by atoms with Crippen molar-refractivity contribution in [3.63, 3.8) is 0 Å². The van der Waals surface area contributed by atoms with Gasteiger partial charge in [-0.1, -0.05) is 41.1 Å². The highest BCUT2D eigenvalue weighted by atomic mass is 16.5. The number of fused-ring (bicyclic) bond motifs is 1. The topological polar surface area (TPSA) is 97.6 Å². The summed E-state index contributed by atoms with van der Waals surface area (Å²) < 4.78 is 10.8. The fraction of sp³-hybridized carbons (Fsp3) is 0.360. The average molecular weight is 447 g/mol. The van der Waals surface area contributed by atoms with E-state index in [9.17, 15) is 9.59 Å². The third-order valence-electron chi connectivity index (χ3n) is 6.53. The van der Waals surface area contributed by atoms with Crippen LogP contribution >= 0.6 is 0 Å². The third-order valence-corrected chi connectivity index (χ3v) is 6.53. The van der Waals surface area contributed by atoms with Crippen LogP contribution in [0.1, 0.15) is 42.2 Å². The van der Waals surface area contributed by atoms with Crippen molar-refractivity contribution in [2.24, 2.45) is 5.92 Å². The van der Waals surface area contributed by atoms with Crippen LogP contribution in [0.15, 0.2) is 53.1 Å². The number of nitrogens with one attached hydrogen (secondary N) is 1. The van der Waals surface area contributed by atoms with E-state index in [0.717, 1.165) is 23.1 Å². The van der Waals surface area contributed by atoms with Crippen LogP contribution in [-0.4, -0.2) is 40.1 Å². The molecule has 3 aromatic rings. The second-order valence-electron chi connectivity index (χ2n) is 8.77. The van der Waals surface area contributed by atoms with Gasteiger partial charge < -0.3 is 14.6 Å². The van der Waals surface area contributed by atoms with Crippen LogP contribution in [0.3, 0.4) is 0 Å². The van der Waals surface area contributed by atoms with Crippen LogP contribution in [0.25, 0.3) is 11.4 Å². The first-order valence-electron chi connectivity index (χ1n) is 11.2. The summed E-state index contributed by atoms with van der Waals surface area (Å²) in [5.74, 6) is 1.45. The van der Waals surface area contributed by atoms with Crippen molar-refractivity contribution < 1.29 is 18.8 Å². The van der Waals surface area contributed by atoms with Gasteiger partial charge in [0.05, 0.1) is 19.6 Å². The first-order chi connectivity index (χ1) is 16.0. The number of hydrogen-bond acceptors (Lipinski definition) is 6. The van der Waals surface area contributed by atoms with Crippen LogP contribution in [0.4, 0.5) is 4.79 Å². The van der Waals surface area contributed by atoms with Crippen molar-refractivity contribution in [2.45, 2.75) is 44.7 Å². The van der Waals surface area contributed by atoms with Crippen molar-refractivity contribution in [1.82, 2.24) is 20.4 Å². The molecule has 0 radical (unpaired) electrons. The van der Waals surface area contributed by atoms with Gasteiger partial charge in [-0.3, -0.25) is 9.69 Å². The summed E-state index contributed by atoms with van der Waals surface area (Å²) in [4.78, 5) is 31.9. The summed E-state index contributed by atoms with van der Waals surface area (Å²) in [6, 6.07) is 14.8. The smallest absolute Gasteiger partial charge is 0.324 e. The standard InChI is InChI=1S/C25H26N4O4/c1-15-5-3-7-17(11-15)22-27-23(33-28-22)18-9-10-20-21(13-18)26-25(31)29(24(20)30)14-16-6-4-8-19(12-16)32-2/h3-8,11-12,18,20-21H,9-10,13-14H2,1-2H3,(H,26,31). The molecule has 3 amide bonds. The molecule has 0 bridgehead atoms. The first kappa shape index (κ1) is 21.2. The number of ether oxygens (including phenoxy) is 1. The van der Waals surface area contributed by atoms with Gasteiger partial charge in [-0.15, -0.1) is 0 Å². The Morgan fingerprint density at radius 2 is 2.00 bits per heavy atom. The Labute approximate surface area is 191 Å². The summed E-state index contributed by atoms with van der Waals surface area (Å²) in [5, 5.41) is 7.19. The number of urea groups is 1. The summed E-state index contributed by atoms with van der Waals surface area (Å²) in [7, 11) is 1.59. The first-order valence-corrected chi connectivity index (χ1v) is 11.2. The Bertz CT molecular complexity index is 1190. The van der Waals surface area contributed by atoms with Gasteiger partial charge in [-0.05, 0) is 49.9 Å². The van der Waals surface area contributed by atoms with E-state index in [2.05, 4.69) is 15.5 Å². The second kappa shape index (κ2) is 8.69. The highest BCUT2D eigenvalue weighted by Gasteiger charge is 2.45.